The van der Waals surface area contributed by atoms with E-state index in [-0.39, 0.29) is 15.6 Å². The topological polar surface area (TPSA) is 26.3 Å². The summed E-state index contributed by atoms with van der Waals surface area (Å²) in [6.45, 7) is 15.0. The highest BCUT2D eigenvalue weighted by Gasteiger charge is 2.37. The SMILES string of the molecule is C=CCC(=O)C(Br)CO[Si](C)(C)C(C)(C)C. The van der Waals surface area contributed by atoms with E-state index in [1.807, 2.05) is 0 Å². The van der Waals surface area contributed by atoms with Crippen molar-refractivity contribution >= 4 is 30.0 Å². The van der Waals surface area contributed by atoms with Gasteiger partial charge in [-0.05, 0) is 18.1 Å². The fourth-order valence-corrected chi connectivity index (χ4v) is 2.44. The standard InChI is InChI=1S/C12H23BrO2Si/c1-7-8-11(14)10(13)9-15-16(5,6)12(2,3)4/h7,10H,1,8-9H2,2-6H3. The first-order valence-corrected chi connectivity index (χ1v) is 9.36. The van der Waals surface area contributed by atoms with Crippen molar-refractivity contribution in [3.8, 4) is 0 Å². The number of ketones is 1. The molecule has 0 amide bonds. The van der Waals surface area contributed by atoms with E-state index in [0.717, 1.165) is 0 Å². The van der Waals surface area contributed by atoms with Crippen molar-refractivity contribution < 1.29 is 9.22 Å². The van der Waals surface area contributed by atoms with Crippen LogP contribution in [-0.2, 0) is 9.22 Å². The Bertz CT molecular complexity index is 256. The number of hydrogen-bond donors (Lipinski definition) is 0. The molecule has 0 aromatic carbocycles. The van der Waals surface area contributed by atoms with E-state index in [9.17, 15) is 4.79 Å². The molecule has 1 unspecified atom stereocenters. The Morgan fingerprint density at radius 1 is 1.50 bits per heavy atom. The summed E-state index contributed by atoms with van der Waals surface area (Å²) in [7, 11) is -1.74. The normalized spacial score (nSPS) is 14.6. The molecule has 0 saturated heterocycles. The fourth-order valence-electron chi connectivity index (χ4n) is 0.861. The molecule has 1 atom stereocenters. The summed E-state index contributed by atoms with van der Waals surface area (Å²) < 4.78 is 5.96. The van der Waals surface area contributed by atoms with Crippen molar-refractivity contribution in [3.05, 3.63) is 12.7 Å². The summed E-state index contributed by atoms with van der Waals surface area (Å²) in [5.41, 5.74) is 0. The van der Waals surface area contributed by atoms with E-state index >= 15 is 0 Å². The molecule has 0 aromatic heterocycles. The van der Waals surface area contributed by atoms with Crippen LogP contribution < -0.4 is 0 Å². The third-order valence-corrected chi connectivity index (χ3v) is 8.37. The van der Waals surface area contributed by atoms with E-state index in [0.29, 0.717) is 13.0 Å². The smallest absolute Gasteiger partial charge is 0.192 e. The molecule has 0 aromatic rings. The zero-order chi connectivity index (χ0) is 13.0. The van der Waals surface area contributed by atoms with Gasteiger partial charge in [0.05, 0.1) is 11.4 Å². The van der Waals surface area contributed by atoms with Crippen molar-refractivity contribution in [1.82, 2.24) is 0 Å². The lowest BCUT2D eigenvalue weighted by atomic mass is 10.2. The lowest BCUT2D eigenvalue weighted by molar-refractivity contribution is -0.118. The molecule has 0 aliphatic heterocycles. The van der Waals surface area contributed by atoms with Crippen LogP contribution in [0.25, 0.3) is 0 Å². The van der Waals surface area contributed by atoms with E-state index in [2.05, 4.69) is 56.4 Å². The molecule has 0 rings (SSSR count). The average molecular weight is 307 g/mol. The number of rotatable bonds is 6. The molecular formula is C12H23BrO2Si. The molecule has 0 aliphatic rings. The highest BCUT2D eigenvalue weighted by Crippen LogP contribution is 2.36. The van der Waals surface area contributed by atoms with Crippen molar-refractivity contribution in [1.29, 1.82) is 0 Å². The summed E-state index contributed by atoms with van der Waals surface area (Å²) in [6, 6.07) is 0. The first kappa shape index (κ1) is 16.1. The maximum absolute atomic E-state index is 11.5. The van der Waals surface area contributed by atoms with Gasteiger partial charge in [-0.1, -0.05) is 42.8 Å². The largest absolute Gasteiger partial charge is 0.415 e. The second kappa shape index (κ2) is 6.12. The van der Waals surface area contributed by atoms with Crippen molar-refractivity contribution in [3.63, 3.8) is 0 Å². The maximum atomic E-state index is 11.5. The van der Waals surface area contributed by atoms with Gasteiger partial charge < -0.3 is 4.43 Å². The van der Waals surface area contributed by atoms with E-state index in [4.69, 9.17) is 4.43 Å². The fraction of sp³-hybridized carbons (Fsp3) is 0.750. The number of allylic oxidation sites excluding steroid dienone is 1. The summed E-state index contributed by atoms with van der Waals surface area (Å²) in [5.74, 6) is 0.133. The lowest BCUT2D eigenvalue weighted by Gasteiger charge is -2.36. The molecule has 4 heteroatoms. The highest BCUT2D eigenvalue weighted by molar-refractivity contribution is 9.10. The van der Waals surface area contributed by atoms with Gasteiger partial charge >= 0.3 is 0 Å². The Morgan fingerprint density at radius 3 is 2.38 bits per heavy atom. The lowest BCUT2D eigenvalue weighted by Crippen LogP contribution is -2.42. The molecule has 0 spiro atoms. The molecular weight excluding hydrogens is 284 g/mol. The van der Waals surface area contributed by atoms with Gasteiger partial charge in [0.1, 0.15) is 0 Å². The highest BCUT2D eigenvalue weighted by atomic mass is 79.9. The van der Waals surface area contributed by atoms with Gasteiger partial charge in [0, 0.05) is 6.42 Å². The van der Waals surface area contributed by atoms with Gasteiger partial charge in [-0.25, -0.2) is 0 Å². The third kappa shape index (κ3) is 4.93. The zero-order valence-corrected chi connectivity index (χ0v) is 13.6. The minimum absolute atomic E-state index is 0.133. The third-order valence-electron chi connectivity index (χ3n) is 3.09. The molecule has 0 heterocycles. The van der Waals surface area contributed by atoms with Gasteiger partial charge in [0.25, 0.3) is 0 Å². The predicted octanol–water partition coefficient (Wildman–Crippen LogP) is 3.92. The Morgan fingerprint density at radius 2 is 2.00 bits per heavy atom. The molecule has 16 heavy (non-hydrogen) atoms. The molecule has 0 radical (unpaired) electrons. The van der Waals surface area contributed by atoms with Crippen molar-refractivity contribution in [2.24, 2.45) is 0 Å². The Kier molecular flexibility index (Phi) is 6.15. The molecule has 0 fully saturated rings. The minimum atomic E-state index is -1.74. The van der Waals surface area contributed by atoms with Crippen LogP contribution in [-0.4, -0.2) is 25.5 Å². The van der Waals surface area contributed by atoms with Crippen LogP contribution in [0.4, 0.5) is 0 Å². The van der Waals surface area contributed by atoms with Crippen LogP contribution in [0.3, 0.4) is 0 Å². The Labute approximate surface area is 109 Å². The Balaban J connectivity index is 4.25. The van der Waals surface area contributed by atoms with Crippen LogP contribution in [0.15, 0.2) is 12.7 Å². The van der Waals surface area contributed by atoms with Crippen LogP contribution in [0, 0.1) is 0 Å². The van der Waals surface area contributed by atoms with Crippen molar-refractivity contribution in [2.45, 2.75) is 50.2 Å². The predicted molar refractivity (Wildman–Crippen MR) is 75.7 cm³/mol. The van der Waals surface area contributed by atoms with Gasteiger partial charge in [0.2, 0.25) is 0 Å². The van der Waals surface area contributed by atoms with Crippen LogP contribution in [0.5, 0.6) is 0 Å². The van der Waals surface area contributed by atoms with E-state index in [1.165, 1.54) is 0 Å². The van der Waals surface area contributed by atoms with E-state index in [1.54, 1.807) is 6.08 Å². The maximum Gasteiger partial charge on any atom is 0.192 e. The first-order valence-electron chi connectivity index (χ1n) is 5.53. The number of hydrogen-bond acceptors (Lipinski definition) is 2. The quantitative estimate of drug-likeness (QED) is 0.422. The number of carbonyl (C=O) groups excluding carboxylic acids is 1. The first-order chi connectivity index (χ1) is 7.12. The molecule has 0 aliphatic carbocycles. The number of halogens is 1. The second-order valence-electron chi connectivity index (χ2n) is 5.50. The van der Waals surface area contributed by atoms with Crippen LogP contribution in [0.1, 0.15) is 27.2 Å². The minimum Gasteiger partial charge on any atom is -0.415 e. The molecule has 0 bridgehead atoms. The van der Waals surface area contributed by atoms with Gasteiger partial charge in [-0.15, -0.1) is 6.58 Å². The van der Waals surface area contributed by atoms with Gasteiger partial charge in [-0.3, -0.25) is 4.79 Å². The Hall–Kier alpha value is 0.0669. The molecule has 2 nitrogen and oxygen atoms in total. The zero-order valence-electron chi connectivity index (χ0n) is 11.0. The summed E-state index contributed by atoms with van der Waals surface area (Å²) in [4.78, 5) is 11.3. The van der Waals surface area contributed by atoms with Crippen LogP contribution in [0.2, 0.25) is 18.1 Å². The molecule has 0 N–H and O–H groups in total. The van der Waals surface area contributed by atoms with Crippen molar-refractivity contribution in [2.75, 3.05) is 6.61 Å². The van der Waals surface area contributed by atoms with Crippen LogP contribution >= 0.6 is 15.9 Å². The average Bonchev–Trinajstić information content (AvgIpc) is 2.12. The molecule has 94 valence electrons. The second-order valence-corrected chi connectivity index (χ2v) is 11.4. The molecule has 0 saturated carbocycles. The van der Waals surface area contributed by atoms with Gasteiger partial charge in [-0.2, -0.15) is 0 Å². The number of alkyl halides is 1. The number of Topliss-reactive ketones (excluding diaryl/α,β-unsaturated/α-hetero) is 1. The summed E-state index contributed by atoms with van der Waals surface area (Å²) >= 11 is 3.36. The summed E-state index contributed by atoms with van der Waals surface area (Å²) in [6.07, 6.45) is 2.03. The van der Waals surface area contributed by atoms with Gasteiger partial charge in [0.15, 0.2) is 14.1 Å². The number of carbonyl (C=O) groups is 1. The van der Waals surface area contributed by atoms with E-state index < -0.39 is 8.32 Å². The summed E-state index contributed by atoms with van der Waals surface area (Å²) in [5, 5.41) is 0.182. The monoisotopic (exact) mass is 306 g/mol.